The molecule has 3 N–H and O–H groups in total. The number of hydrogen-bond acceptors (Lipinski definition) is 3. The summed E-state index contributed by atoms with van der Waals surface area (Å²) in [4.78, 5) is 37.1. The molecule has 0 saturated heterocycles. The third-order valence-electron chi connectivity index (χ3n) is 4.11. The van der Waals surface area contributed by atoms with Crippen molar-refractivity contribution in [1.29, 1.82) is 0 Å². The van der Waals surface area contributed by atoms with Gasteiger partial charge in [-0.05, 0) is 40.0 Å². The molecule has 0 bridgehead atoms. The molecule has 0 spiro atoms. The number of carbonyl (C=O) groups excluding carboxylic acids is 3. The fourth-order valence-electron chi connectivity index (χ4n) is 2.88. The number of amides is 4. The Balaban J connectivity index is 2.14. The van der Waals surface area contributed by atoms with Gasteiger partial charge in [-0.15, -0.1) is 0 Å². The fourth-order valence-corrected chi connectivity index (χ4v) is 2.88. The van der Waals surface area contributed by atoms with Crippen LogP contribution in [0.3, 0.4) is 0 Å². The molecule has 1 aliphatic carbocycles. The van der Waals surface area contributed by atoms with Crippen LogP contribution < -0.4 is 16.0 Å². The summed E-state index contributed by atoms with van der Waals surface area (Å²) in [7, 11) is 1.62. The smallest absolute Gasteiger partial charge is 0.315 e. The molecule has 0 aromatic rings. The van der Waals surface area contributed by atoms with Crippen molar-refractivity contribution in [1.82, 2.24) is 20.9 Å². The van der Waals surface area contributed by atoms with Crippen LogP contribution in [-0.4, -0.2) is 54.5 Å². The minimum absolute atomic E-state index is 0.0473. The minimum Gasteiger partial charge on any atom is -0.350 e. The van der Waals surface area contributed by atoms with E-state index in [0.717, 1.165) is 12.8 Å². The molecule has 0 atom stereocenters. The van der Waals surface area contributed by atoms with Gasteiger partial charge in [0.05, 0.1) is 6.54 Å². The first-order chi connectivity index (χ1) is 11.7. The Labute approximate surface area is 151 Å². The first-order valence-electron chi connectivity index (χ1n) is 9.27. The minimum atomic E-state index is -0.309. The number of likely N-dealkylation sites (N-methyl/N-ethyl adjacent to an activating group) is 1. The molecule has 1 saturated carbocycles. The number of nitrogens with zero attached hydrogens (tertiary/aromatic N) is 1. The largest absolute Gasteiger partial charge is 0.350 e. The Morgan fingerprint density at radius 3 is 2.32 bits per heavy atom. The molecule has 0 radical (unpaired) electrons. The van der Waals surface area contributed by atoms with E-state index in [0.29, 0.717) is 19.4 Å². The molecule has 1 aliphatic rings. The zero-order valence-corrected chi connectivity index (χ0v) is 16.1. The van der Waals surface area contributed by atoms with Crippen LogP contribution in [0.25, 0.3) is 0 Å². The van der Waals surface area contributed by atoms with E-state index in [1.165, 1.54) is 24.2 Å². The first-order valence-corrected chi connectivity index (χ1v) is 9.27. The summed E-state index contributed by atoms with van der Waals surface area (Å²) in [5, 5.41) is 8.60. The summed E-state index contributed by atoms with van der Waals surface area (Å²) in [5.41, 5.74) is -0.309. The number of nitrogens with one attached hydrogen (secondary N) is 3. The van der Waals surface area contributed by atoms with Gasteiger partial charge in [-0.1, -0.05) is 19.3 Å². The molecule has 144 valence electrons. The molecule has 7 nitrogen and oxygen atoms in total. The predicted molar refractivity (Wildman–Crippen MR) is 98.2 cm³/mol. The van der Waals surface area contributed by atoms with Crippen LogP contribution in [0.15, 0.2) is 0 Å². The highest BCUT2D eigenvalue weighted by Gasteiger charge is 2.18. The van der Waals surface area contributed by atoms with Crippen LogP contribution in [0, 0.1) is 0 Å². The number of carbonyl (C=O) groups is 3. The lowest BCUT2D eigenvalue weighted by Gasteiger charge is -2.23. The normalized spacial score (nSPS) is 15.4. The number of rotatable bonds is 7. The molecule has 0 aromatic heterocycles. The first kappa shape index (κ1) is 21.3. The van der Waals surface area contributed by atoms with Crippen molar-refractivity contribution < 1.29 is 14.4 Å². The van der Waals surface area contributed by atoms with Gasteiger partial charge in [-0.3, -0.25) is 9.59 Å². The SMILES string of the molecule is CN(CC(=O)NC(C)(C)C)C(=O)CCCNC(=O)NC1CCCCC1. The topological polar surface area (TPSA) is 90.5 Å². The third kappa shape index (κ3) is 9.94. The highest BCUT2D eigenvalue weighted by molar-refractivity contribution is 5.85. The maximum atomic E-state index is 12.0. The van der Waals surface area contributed by atoms with E-state index >= 15 is 0 Å². The second-order valence-electron chi connectivity index (χ2n) is 7.89. The van der Waals surface area contributed by atoms with Crippen molar-refractivity contribution in [2.75, 3.05) is 20.1 Å². The summed E-state index contributed by atoms with van der Waals surface area (Å²) < 4.78 is 0. The van der Waals surface area contributed by atoms with E-state index in [1.807, 2.05) is 20.8 Å². The average molecular weight is 354 g/mol. The lowest BCUT2D eigenvalue weighted by atomic mass is 9.96. The molecule has 0 aliphatic heterocycles. The Bertz CT molecular complexity index is 454. The van der Waals surface area contributed by atoms with E-state index in [9.17, 15) is 14.4 Å². The highest BCUT2D eigenvalue weighted by Crippen LogP contribution is 2.17. The highest BCUT2D eigenvalue weighted by atomic mass is 16.2. The van der Waals surface area contributed by atoms with E-state index in [4.69, 9.17) is 0 Å². The van der Waals surface area contributed by atoms with E-state index in [1.54, 1.807) is 7.05 Å². The van der Waals surface area contributed by atoms with Gasteiger partial charge in [0.25, 0.3) is 0 Å². The van der Waals surface area contributed by atoms with Crippen LogP contribution in [-0.2, 0) is 9.59 Å². The molecule has 0 heterocycles. The van der Waals surface area contributed by atoms with Crippen molar-refractivity contribution in [2.24, 2.45) is 0 Å². The Morgan fingerprint density at radius 1 is 1.08 bits per heavy atom. The van der Waals surface area contributed by atoms with E-state index in [-0.39, 0.29) is 36.0 Å². The molecule has 1 rings (SSSR count). The van der Waals surface area contributed by atoms with Gasteiger partial charge < -0.3 is 20.9 Å². The summed E-state index contributed by atoms with van der Waals surface area (Å²) in [6.45, 7) is 6.20. The van der Waals surface area contributed by atoms with E-state index < -0.39 is 0 Å². The Morgan fingerprint density at radius 2 is 1.72 bits per heavy atom. The van der Waals surface area contributed by atoms with Crippen molar-refractivity contribution in [3.8, 4) is 0 Å². The zero-order valence-electron chi connectivity index (χ0n) is 16.1. The standard InChI is InChI=1S/C18H34N4O3/c1-18(2,3)21-15(23)13-22(4)16(24)11-8-12-19-17(25)20-14-9-6-5-7-10-14/h14H,5-13H2,1-4H3,(H,21,23)(H2,19,20,25). The second-order valence-corrected chi connectivity index (χ2v) is 7.89. The van der Waals surface area contributed by atoms with Crippen molar-refractivity contribution in [2.45, 2.75) is 77.3 Å². The van der Waals surface area contributed by atoms with Crippen molar-refractivity contribution >= 4 is 17.8 Å². The summed E-state index contributed by atoms with van der Waals surface area (Å²) in [5.74, 6) is -0.271. The monoisotopic (exact) mass is 354 g/mol. The summed E-state index contributed by atoms with van der Waals surface area (Å²) >= 11 is 0. The van der Waals surface area contributed by atoms with Gasteiger partial charge in [0, 0.05) is 31.6 Å². The predicted octanol–water partition coefficient (Wildman–Crippen LogP) is 1.77. The van der Waals surface area contributed by atoms with Gasteiger partial charge in [0.2, 0.25) is 11.8 Å². The number of hydrogen-bond donors (Lipinski definition) is 3. The lowest BCUT2D eigenvalue weighted by molar-refractivity contribution is -0.135. The summed E-state index contributed by atoms with van der Waals surface area (Å²) in [6, 6.07) is 0.125. The van der Waals surface area contributed by atoms with Crippen LogP contribution >= 0.6 is 0 Å². The molecule has 25 heavy (non-hydrogen) atoms. The maximum Gasteiger partial charge on any atom is 0.315 e. The molecule has 4 amide bonds. The molecule has 0 unspecified atom stereocenters. The van der Waals surface area contributed by atoms with Crippen LogP contribution in [0.2, 0.25) is 0 Å². The van der Waals surface area contributed by atoms with Gasteiger partial charge in [-0.25, -0.2) is 4.79 Å². The molecule has 0 aromatic carbocycles. The van der Waals surface area contributed by atoms with Crippen LogP contribution in [0.5, 0.6) is 0 Å². The zero-order chi connectivity index (χ0) is 18.9. The molecular weight excluding hydrogens is 320 g/mol. The lowest BCUT2D eigenvalue weighted by Crippen LogP contribution is -2.46. The van der Waals surface area contributed by atoms with Crippen molar-refractivity contribution in [3.05, 3.63) is 0 Å². The van der Waals surface area contributed by atoms with Gasteiger partial charge >= 0.3 is 6.03 Å². The van der Waals surface area contributed by atoms with E-state index in [2.05, 4.69) is 16.0 Å². The van der Waals surface area contributed by atoms with Crippen LogP contribution in [0.4, 0.5) is 4.79 Å². The Kier molecular flexibility index (Phi) is 8.72. The van der Waals surface area contributed by atoms with Crippen LogP contribution in [0.1, 0.15) is 65.7 Å². The van der Waals surface area contributed by atoms with Crippen molar-refractivity contribution in [3.63, 3.8) is 0 Å². The summed E-state index contributed by atoms with van der Waals surface area (Å²) in [6.07, 6.45) is 6.57. The average Bonchev–Trinajstić information content (AvgIpc) is 2.50. The second kappa shape index (κ2) is 10.3. The maximum absolute atomic E-state index is 12.0. The molecule has 7 heteroatoms. The van der Waals surface area contributed by atoms with Gasteiger partial charge in [-0.2, -0.15) is 0 Å². The van der Waals surface area contributed by atoms with Gasteiger partial charge in [0.1, 0.15) is 0 Å². The van der Waals surface area contributed by atoms with Gasteiger partial charge in [0.15, 0.2) is 0 Å². The quantitative estimate of drug-likeness (QED) is 0.609. The molecular formula is C18H34N4O3. The Hall–Kier alpha value is -1.79. The molecule has 1 fully saturated rings. The number of urea groups is 1. The third-order valence-corrected chi connectivity index (χ3v) is 4.11. The fraction of sp³-hybridized carbons (Fsp3) is 0.833.